The lowest BCUT2D eigenvalue weighted by Gasteiger charge is -2.49. The van der Waals surface area contributed by atoms with Crippen molar-refractivity contribution in [3.63, 3.8) is 0 Å². The van der Waals surface area contributed by atoms with Crippen molar-refractivity contribution in [3.8, 4) is 11.8 Å². The van der Waals surface area contributed by atoms with Gasteiger partial charge < -0.3 is 19.5 Å². The van der Waals surface area contributed by atoms with Crippen molar-refractivity contribution in [1.29, 1.82) is 0 Å². The van der Waals surface area contributed by atoms with Crippen molar-refractivity contribution in [3.05, 3.63) is 0 Å². The van der Waals surface area contributed by atoms with Gasteiger partial charge in [-0.15, -0.1) is 0 Å². The monoisotopic (exact) mass is 225 g/mol. The van der Waals surface area contributed by atoms with Crippen molar-refractivity contribution < 1.29 is 19.4 Å². The molecule has 0 unspecified atom stereocenters. The number of nitrogens with zero attached hydrogens (tertiary/aromatic N) is 1. The Bertz CT molecular complexity index is 309. The summed E-state index contributed by atoms with van der Waals surface area (Å²) in [7, 11) is 0. The Morgan fingerprint density at radius 3 is 2.31 bits per heavy atom. The molecule has 2 rings (SSSR count). The van der Waals surface area contributed by atoms with E-state index in [-0.39, 0.29) is 11.3 Å². The van der Waals surface area contributed by atoms with Gasteiger partial charge in [0.05, 0.1) is 18.6 Å². The Labute approximate surface area is 94.3 Å². The maximum absolute atomic E-state index is 11.2. The maximum Gasteiger partial charge on any atom is 0.248 e. The van der Waals surface area contributed by atoms with Crippen LogP contribution in [-0.4, -0.2) is 62.0 Å². The zero-order valence-electron chi connectivity index (χ0n) is 9.07. The second kappa shape index (κ2) is 4.83. The van der Waals surface area contributed by atoms with E-state index in [2.05, 4.69) is 11.8 Å². The lowest BCUT2D eigenvalue weighted by molar-refractivity contribution is -0.156. The van der Waals surface area contributed by atoms with Crippen LogP contribution in [0.1, 0.15) is 0 Å². The SMILES string of the molecule is O=C(CO)N1CC2(COCC#CCOC2)C1. The van der Waals surface area contributed by atoms with Gasteiger partial charge >= 0.3 is 0 Å². The maximum atomic E-state index is 11.2. The van der Waals surface area contributed by atoms with E-state index in [1.165, 1.54) is 0 Å². The van der Waals surface area contributed by atoms with E-state index in [0.29, 0.717) is 39.5 Å². The zero-order valence-corrected chi connectivity index (χ0v) is 9.07. The zero-order chi connectivity index (χ0) is 11.4. The summed E-state index contributed by atoms with van der Waals surface area (Å²) in [6, 6.07) is 0. The third-order valence-electron chi connectivity index (χ3n) is 2.83. The minimum Gasteiger partial charge on any atom is -0.387 e. The normalized spacial score (nSPS) is 23.4. The quantitative estimate of drug-likeness (QED) is 0.573. The molecule has 0 aromatic rings. The number of rotatable bonds is 1. The van der Waals surface area contributed by atoms with Crippen LogP contribution in [0, 0.1) is 17.3 Å². The predicted molar refractivity (Wildman–Crippen MR) is 55.5 cm³/mol. The van der Waals surface area contributed by atoms with Crippen LogP contribution in [0.3, 0.4) is 0 Å². The molecule has 1 fully saturated rings. The molecule has 0 radical (unpaired) electrons. The first-order chi connectivity index (χ1) is 7.76. The summed E-state index contributed by atoms with van der Waals surface area (Å²) in [6.45, 7) is 2.69. The summed E-state index contributed by atoms with van der Waals surface area (Å²) in [5, 5.41) is 8.73. The average molecular weight is 225 g/mol. The van der Waals surface area contributed by atoms with Crippen LogP contribution in [0.25, 0.3) is 0 Å². The van der Waals surface area contributed by atoms with Crippen LogP contribution in [0.2, 0.25) is 0 Å². The fraction of sp³-hybridized carbons (Fsp3) is 0.727. The van der Waals surface area contributed by atoms with E-state index >= 15 is 0 Å². The molecule has 1 N–H and O–H groups in total. The van der Waals surface area contributed by atoms with Crippen LogP contribution in [0.15, 0.2) is 0 Å². The summed E-state index contributed by atoms with van der Waals surface area (Å²) in [5.74, 6) is 5.45. The van der Waals surface area contributed by atoms with Crippen molar-refractivity contribution in [2.24, 2.45) is 5.41 Å². The van der Waals surface area contributed by atoms with Gasteiger partial charge in [-0.3, -0.25) is 4.79 Å². The lowest BCUT2D eigenvalue weighted by Crippen LogP contribution is -2.63. The van der Waals surface area contributed by atoms with Gasteiger partial charge in [-0.05, 0) is 0 Å². The van der Waals surface area contributed by atoms with Crippen molar-refractivity contribution in [1.82, 2.24) is 4.90 Å². The molecule has 2 heterocycles. The number of aliphatic hydroxyl groups excluding tert-OH is 1. The fourth-order valence-electron chi connectivity index (χ4n) is 2.00. The fourth-order valence-corrected chi connectivity index (χ4v) is 2.00. The van der Waals surface area contributed by atoms with E-state index in [0.717, 1.165) is 0 Å². The molecule has 88 valence electrons. The van der Waals surface area contributed by atoms with Gasteiger partial charge in [0.1, 0.15) is 19.8 Å². The highest BCUT2D eigenvalue weighted by atomic mass is 16.5. The summed E-state index contributed by atoms with van der Waals surface area (Å²) in [6.07, 6.45) is 0. The Hall–Kier alpha value is -1.09. The number of likely N-dealkylation sites (tertiary alicyclic amines) is 1. The predicted octanol–water partition coefficient (Wildman–Crippen LogP) is -1.14. The van der Waals surface area contributed by atoms with E-state index in [1.54, 1.807) is 4.90 Å². The molecule has 0 aromatic carbocycles. The molecule has 5 nitrogen and oxygen atoms in total. The molecular weight excluding hydrogens is 210 g/mol. The minimum atomic E-state index is -0.430. The van der Waals surface area contributed by atoms with Gasteiger partial charge in [0, 0.05) is 13.1 Å². The number of ether oxygens (including phenoxy) is 2. The summed E-state index contributed by atoms with van der Waals surface area (Å²) in [4.78, 5) is 12.8. The topological polar surface area (TPSA) is 59.0 Å². The molecule has 2 aliphatic heterocycles. The molecule has 1 spiro atoms. The Morgan fingerprint density at radius 2 is 1.81 bits per heavy atom. The van der Waals surface area contributed by atoms with Crippen molar-refractivity contribution in [2.45, 2.75) is 0 Å². The molecule has 2 aliphatic rings. The van der Waals surface area contributed by atoms with Crippen LogP contribution < -0.4 is 0 Å². The van der Waals surface area contributed by atoms with Crippen LogP contribution in [-0.2, 0) is 14.3 Å². The van der Waals surface area contributed by atoms with Gasteiger partial charge in [0.2, 0.25) is 5.91 Å². The number of hydrogen-bond donors (Lipinski definition) is 1. The van der Waals surface area contributed by atoms with E-state index in [1.807, 2.05) is 0 Å². The number of carbonyl (C=O) groups is 1. The van der Waals surface area contributed by atoms with E-state index in [4.69, 9.17) is 14.6 Å². The Balaban J connectivity index is 1.87. The number of amides is 1. The van der Waals surface area contributed by atoms with E-state index < -0.39 is 6.61 Å². The third-order valence-corrected chi connectivity index (χ3v) is 2.83. The first kappa shape index (κ1) is 11.4. The van der Waals surface area contributed by atoms with Gasteiger partial charge in [-0.1, -0.05) is 11.8 Å². The molecule has 1 amide bonds. The lowest BCUT2D eigenvalue weighted by atomic mass is 9.81. The first-order valence-corrected chi connectivity index (χ1v) is 5.26. The van der Waals surface area contributed by atoms with Crippen LogP contribution in [0.5, 0.6) is 0 Å². The third kappa shape index (κ3) is 2.35. The summed E-state index contributed by atoms with van der Waals surface area (Å²) < 4.78 is 10.8. The average Bonchev–Trinajstić information content (AvgIpc) is 2.37. The molecule has 16 heavy (non-hydrogen) atoms. The Kier molecular flexibility index (Phi) is 3.44. The highest BCUT2D eigenvalue weighted by Gasteiger charge is 2.45. The Morgan fingerprint density at radius 1 is 1.25 bits per heavy atom. The van der Waals surface area contributed by atoms with Crippen LogP contribution >= 0.6 is 0 Å². The van der Waals surface area contributed by atoms with Crippen molar-refractivity contribution in [2.75, 3.05) is 46.1 Å². The summed E-state index contributed by atoms with van der Waals surface area (Å²) >= 11 is 0. The molecule has 1 saturated heterocycles. The van der Waals surface area contributed by atoms with Gasteiger partial charge in [-0.25, -0.2) is 0 Å². The van der Waals surface area contributed by atoms with Gasteiger partial charge in [-0.2, -0.15) is 0 Å². The number of carbonyl (C=O) groups excluding carboxylic acids is 1. The standard InChI is InChI=1S/C11H15NO4/c13-5-10(14)12-6-11(7-12)8-15-3-1-2-4-16-9-11/h13H,3-9H2. The van der Waals surface area contributed by atoms with Crippen molar-refractivity contribution >= 4 is 5.91 Å². The number of hydrogen-bond acceptors (Lipinski definition) is 4. The largest absolute Gasteiger partial charge is 0.387 e. The number of aliphatic hydroxyl groups is 1. The van der Waals surface area contributed by atoms with Gasteiger partial charge in [0.25, 0.3) is 0 Å². The molecule has 5 heteroatoms. The van der Waals surface area contributed by atoms with E-state index in [9.17, 15) is 4.79 Å². The smallest absolute Gasteiger partial charge is 0.248 e. The molecular formula is C11H15NO4. The molecule has 0 atom stereocenters. The molecule has 0 bridgehead atoms. The molecule has 0 saturated carbocycles. The van der Waals surface area contributed by atoms with Crippen LogP contribution in [0.4, 0.5) is 0 Å². The highest BCUT2D eigenvalue weighted by Crippen LogP contribution is 2.31. The first-order valence-electron chi connectivity index (χ1n) is 5.26. The second-order valence-electron chi connectivity index (χ2n) is 4.25. The summed E-state index contributed by atoms with van der Waals surface area (Å²) in [5.41, 5.74) is -0.113. The molecule has 0 aliphatic carbocycles. The molecule has 0 aromatic heterocycles. The van der Waals surface area contributed by atoms with Gasteiger partial charge in [0.15, 0.2) is 0 Å². The minimum absolute atomic E-state index is 0.113. The highest BCUT2D eigenvalue weighted by molar-refractivity contribution is 5.78. The second-order valence-corrected chi connectivity index (χ2v) is 4.25.